The molecule has 1 unspecified atom stereocenters. The lowest BCUT2D eigenvalue weighted by Gasteiger charge is -2.20. The summed E-state index contributed by atoms with van der Waals surface area (Å²) in [5.41, 5.74) is 3.66. The zero-order valence-corrected chi connectivity index (χ0v) is 17.9. The van der Waals surface area contributed by atoms with Crippen molar-refractivity contribution in [3.63, 3.8) is 0 Å². The first kappa shape index (κ1) is 22.2. The molecule has 0 fully saturated rings. The molecule has 0 radical (unpaired) electrons. The number of imidazole rings is 1. The third-order valence-corrected chi connectivity index (χ3v) is 5.21. The topological polar surface area (TPSA) is 93.5 Å². The Morgan fingerprint density at radius 3 is 2.36 bits per heavy atom. The van der Waals surface area contributed by atoms with Crippen LogP contribution in [-0.2, 0) is 0 Å². The molecule has 33 heavy (non-hydrogen) atoms. The van der Waals surface area contributed by atoms with Crippen LogP contribution in [0.4, 0.5) is 13.2 Å². The van der Waals surface area contributed by atoms with Crippen LogP contribution in [0.5, 0.6) is 11.5 Å². The molecule has 8 nitrogen and oxygen atoms in total. The summed E-state index contributed by atoms with van der Waals surface area (Å²) < 4.78 is 51.2. The number of rotatable bonds is 6. The molecule has 172 valence electrons. The van der Waals surface area contributed by atoms with Crippen LogP contribution in [0.1, 0.15) is 17.3 Å². The highest BCUT2D eigenvalue weighted by Gasteiger charge is 2.38. The van der Waals surface area contributed by atoms with Gasteiger partial charge < -0.3 is 14.8 Å². The van der Waals surface area contributed by atoms with Crippen LogP contribution in [0.25, 0.3) is 28.0 Å². The molecule has 0 aliphatic heterocycles. The number of hydrogen-bond acceptors (Lipinski definition) is 5. The highest BCUT2D eigenvalue weighted by Crippen LogP contribution is 2.36. The van der Waals surface area contributed by atoms with Crippen molar-refractivity contribution in [2.24, 2.45) is 0 Å². The van der Waals surface area contributed by atoms with E-state index in [1.165, 1.54) is 14.2 Å². The number of carbonyl (C=O) groups excluding carboxylic acids is 1. The third kappa shape index (κ3) is 4.21. The molecule has 2 N–H and O–H groups in total. The first-order valence-electron chi connectivity index (χ1n) is 9.83. The predicted octanol–water partition coefficient (Wildman–Crippen LogP) is 4.09. The number of ether oxygens (including phenoxy) is 2. The van der Waals surface area contributed by atoms with Gasteiger partial charge in [0.1, 0.15) is 28.8 Å². The molecule has 1 amide bonds. The summed E-state index contributed by atoms with van der Waals surface area (Å²) in [7, 11) is 2.66. The van der Waals surface area contributed by atoms with Gasteiger partial charge in [0.2, 0.25) is 0 Å². The van der Waals surface area contributed by atoms with E-state index in [0.717, 1.165) is 18.1 Å². The molecular weight excluding hydrogens is 439 g/mol. The molecule has 3 heterocycles. The van der Waals surface area contributed by atoms with Crippen molar-refractivity contribution in [2.45, 2.75) is 19.1 Å². The van der Waals surface area contributed by atoms with Gasteiger partial charge in [0.25, 0.3) is 5.91 Å². The molecule has 0 aliphatic rings. The number of alkyl halides is 3. The summed E-state index contributed by atoms with van der Waals surface area (Å²) in [4.78, 5) is 17.1. The molecule has 4 rings (SSSR count). The van der Waals surface area contributed by atoms with Crippen LogP contribution in [0.3, 0.4) is 0 Å². The first-order chi connectivity index (χ1) is 15.7. The second-order valence-electron chi connectivity index (χ2n) is 7.27. The minimum absolute atomic E-state index is 0.0705. The zero-order valence-electron chi connectivity index (χ0n) is 17.9. The van der Waals surface area contributed by atoms with Crippen molar-refractivity contribution in [3.05, 3.63) is 54.6 Å². The van der Waals surface area contributed by atoms with Crippen LogP contribution in [0.2, 0.25) is 0 Å². The van der Waals surface area contributed by atoms with Gasteiger partial charge in [-0.05, 0) is 36.8 Å². The van der Waals surface area contributed by atoms with E-state index in [4.69, 9.17) is 9.47 Å². The Labute approximate surface area is 186 Å². The van der Waals surface area contributed by atoms with E-state index in [2.05, 4.69) is 15.2 Å². The normalized spacial score (nSPS) is 12.5. The van der Waals surface area contributed by atoms with Crippen molar-refractivity contribution in [2.75, 3.05) is 14.2 Å². The fourth-order valence-electron chi connectivity index (χ4n) is 3.42. The van der Waals surface area contributed by atoms with Crippen molar-refractivity contribution >= 4 is 11.6 Å². The number of hydrogen-bond donors (Lipinski definition) is 2. The zero-order chi connectivity index (χ0) is 23.8. The average molecular weight is 459 g/mol. The summed E-state index contributed by atoms with van der Waals surface area (Å²) in [5.74, 6) is -0.814. The van der Waals surface area contributed by atoms with Gasteiger partial charge in [-0.25, -0.2) is 4.98 Å². The van der Waals surface area contributed by atoms with Gasteiger partial charge in [-0.2, -0.15) is 18.3 Å². The Morgan fingerprint density at radius 1 is 1.09 bits per heavy atom. The number of fused-ring (bicyclic) bond motifs is 1. The Bertz CT molecular complexity index is 1270. The Hall–Kier alpha value is -4.02. The molecule has 0 aliphatic carbocycles. The minimum Gasteiger partial charge on any atom is -0.496 e. The SMILES string of the molecule is COc1cc(-c2cnc3cc(-c4cn[nH]c4)ccn23)cc(OC)c1C(=O)NC(C)C(F)(F)F. The third-order valence-electron chi connectivity index (χ3n) is 5.21. The number of pyridine rings is 1. The number of carbonyl (C=O) groups is 1. The summed E-state index contributed by atoms with van der Waals surface area (Å²) in [5, 5.41) is 8.65. The lowest BCUT2D eigenvalue weighted by Crippen LogP contribution is -2.43. The number of amides is 1. The van der Waals surface area contributed by atoms with Crippen LogP contribution in [-0.4, -0.2) is 51.9 Å². The van der Waals surface area contributed by atoms with Gasteiger partial charge in [0, 0.05) is 23.5 Å². The number of nitrogens with one attached hydrogen (secondary N) is 2. The second kappa shape index (κ2) is 8.49. The number of methoxy groups -OCH3 is 2. The lowest BCUT2D eigenvalue weighted by atomic mass is 10.0. The predicted molar refractivity (Wildman–Crippen MR) is 114 cm³/mol. The van der Waals surface area contributed by atoms with E-state index < -0.39 is 18.1 Å². The smallest absolute Gasteiger partial charge is 0.408 e. The molecule has 11 heteroatoms. The summed E-state index contributed by atoms with van der Waals surface area (Å²) in [6.45, 7) is 0.863. The van der Waals surface area contributed by atoms with E-state index in [-0.39, 0.29) is 17.1 Å². The van der Waals surface area contributed by atoms with Gasteiger partial charge >= 0.3 is 6.18 Å². The minimum atomic E-state index is -4.58. The van der Waals surface area contributed by atoms with Crippen molar-refractivity contribution in [3.8, 4) is 33.9 Å². The molecule has 1 atom stereocenters. The van der Waals surface area contributed by atoms with Gasteiger partial charge in [-0.15, -0.1) is 0 Å². The summed E-state index contributed by atoms with van der Waals surface area (Å²) >= 11 is 0. The van der Waals surface area contributed by atoms with Gasteiger partial charge in [0.05, 0.1) is 32.3 Å². The number of aromatic nitrogens is 4. The number of benzene rings is 1. The standard InChI is InChI=1S/C22H20F3N5O3/c1-12(22(23,24)25)29-21(31)20-17(32-2)6-14(7-18(20)33-3)16-11-26-19-8-13(4-5-30(16)19)15-9-27-28-10-15/h4-12H,1-3H3,(H,27,28)(H,29,31). The van der Waals surface area contributed by atoms with Crippen molar-refractivity contribution < 1.29 is 27.4 Å². The number of nitrogens with zero attached hydrogens (tertiary/aromatic N) is 3. The monoisotopic (exact) mass is 459 g/mol. The van der Waals surface area contributed by atoms with Crippen LogP contribution in [0, 0.1) is 0 Å². The molecule has 0 bridgehead atoms. The molecule has 1 aromatic carbocycles. The van der Waals surface area contributed by atoms with Crippen molar-refractivity contribution in [1.29, 1.82) is 0 Å². The highest BCUT2D eigenvalue weighted by atomic mass is 19.4. The average Bonchev–Trinajstić information content (AvgIpc) is 3.47. The fraction of sp³-hybridized carbons (Fsp3) is 0.227. The molecule has 3 aromatic heterocycles. The van der Waals surface area contributed by atoms with Crippen LogP contribution < -0.4 is 14.8 Å². The van der Waals surface area contributed by atoms with E-state index in [1.54, 1.807) is 30.7 Å². The Balaban J connectivity index is 1.75. The number of H-pyrrole nitrogens is 1. The molecular formula is C22H20F3N5O3. The Kier molecular flexibility index (Phi) is 5.71. The van der Waals surface area contributed by atoms with Gasteiger partial charge in [-0.1, -0.05) is 0 Å². The van der Waals surface area contributed by atoms with Gasteiger partial charge in [0.15, 0.2) is 0 Å². The van der Waals surface area contributed by atoms with E-state index >= 15 is 0 Å². The van der Waals surface area contributed by atoms with E-state index in [0.29, 0.717) is 16.9 Å². The molecule has 0 saturated carbocycles. The first-order valence-corrected chi connectivity index (χ1v) is 9.83. The van der Waals surface area contributed by atoms with Crippen LogP contribution >= 0.6 is 0 Å². The largest absolute Gasteiger partial charge is 0.496 e. The molecule has 0 saturated heterocycles. The lowest BCUT2D eigenvalue weighted by molar-refractivity contribution is -0.149. The Morgan fingerprint density at radius 2 is 1.79 bits per heavy atom. The quantitative estimate of drug-likeness (QED) is 0.453. The molecule has 4 aromatic rings. The van der Waals surface area contributed by atoms with E-state index in [9.17, 15) is 18.0 Å². The fourth-order valence-corrected chi connectivity index (χ4v) is 3.42. The maximum absolute atomic E-state index is 12.9. The molecule has 0 spiro atoms. The maximum Gasteiger partial charge on any atom is 0.408 e. The summed E-state index contributed by atoms with van der Waals surface area (Å²) in [6, 6.07) is 4.87. The number of aromatic amines is 1. The maximum atomic E-state index is 12.9. The second-order valence-corrected chi connectivity index (χ2v) is 7.27. The van der Waals surface area contributed by atoms with E-state index in [1.807, 2.05) is 28.0 Å². The number of halogens is 3. The van der Waals surface area contributed by atoms with Crippen LogP contribution in [0.15, 0.2) is 49.1 Å². The highest BCUT2D eigenvalue weighted by molar-refractivity contribution is 6.01. The summed E-state index contributed by atoms with van der Waals surface area (Å²) in [6.07, 6.45) is 2.38. The van der Waals surface area contributed by atoms with Crippen molar-refractivity contribution in [1.82, 2.24) is 24.9 Å². The van der Waals surface area contributed by atoms with Gasteiger partial charge in [-0.3, -0.25) is 14.3 Å².